The Kier molecular flexibility index (Phi) is 7.48. The van der Waals surface area contributed by atoms with Crippen molar-refractivity contribution in [3.05, 3.63) is 36.3 Å². The van der Waals surface area contributed by atoms with Gasteiger partial charge < -0.3 is 9.47 Å². The predicted octanol–water partition coefficient (Wildman–Crippen LogP) is 5.43. The van der Waals surface area contributed by atoms with Crippen molar-refractivity contribution >= 4 is 0 Å². The van der Waals surface area contributed by atoms with Gasteiger partial charge in [0, 0.05) is 0 Å². The molecule has 0 aliphatic heterocycles. The second-order valence-corrected chi connectivity index (χ2v) is 5.76. The third kappa shape index (κ3) is 5.90. The zero-order valence-electron chi connectivity index (χ0n) is 13.1. The smallest absolute Gasteiger partial charge is 0.203 e. The van der Waals surface area contributed by atoms with Gasteiger partial charge in [-0.1, -0.05) is 39.8 Å². The first kappa shape index (κ1) is 17.7. The Labute approximate surface area is 126 Å². The molecule has 1 fully saturated rings. The van der Waals surface area contributed by atoms with Crippen LogP contribution in [0.2, 0.25) is 0 Å². The number of hydrogen-bond donors (Lipinski definition) is 0. The highest BCUT2D eigenvalue weighted by molar-refractivity contribution is 5.29. The fourth-order valence-corrected chi connectivity index (χ4v) is 2.31. The van der Waals surface area contributed by atoms with Crippen molar-refractivity contribution in [1.82, 2.24) is 0 Å². The van der Waals surface area contributed by atoms with E-state index in [1.807, 2.05) is 6.92 Å². The maximum absolute atomic E-state index is 13.8. The SMILES string of the molecule is C=C(OCCC)/C(F)=C(/F)C(=C)OCC1CCC(C)CC1. The lowest BCUT2D eigenvalue weighted by Gasteiger charge is -2.26. The molecule has 2 nitrogen and oxygen atoms in total. The molecule has 0 spiro atoms. The van der Waals surface area contributed by atoms with E-state index in [-0.39, 0.29) is 11.5 Å². The Bertz CT molecular complexity index is 394. The van der Waals surface area contributed by atoms with E-state index in [1.54, 1.807) is 0 Å². The van der Waals surface area contributed by atoms with E-state index in [0.29, 0.717) is 25.6 Å². The normalized spacial score (nSPS) is 23.2. The minimum absolute atomic E-state index is 0.285. The molecule has 1 rings (SSSR count). The summed E-state index contributed by atoms with van der Waals surface area (Å²) in [6.45, 7) is 11.6. The van der Waals surface area contributed by atoms with Crippen molar-refractivity contribution in [3.8, 4) is 0 Å². The van der Waals surface area contributed by atoms with Crippen molar-refractivity contribution in [2.75, 3.05) is 13.2 Å². The van der Waals surface area contributed by atoms with Crippen LogP contribution in [0, 0.1) is 11.8 Å². The number of allylic oxidation sites excluding steroid dienone is 2. The summed E-state index contributed by atoms with van der Waals surface area (Å²) in [6, 6.07) is 0. The van der Waals surface area contributed by atoms with Crippen molar-refractivity contribution < 1.29 is 18.3 Å². The molecule has 0 saturated heterocycles. The Balaban J connectivity index is 2.44. The topological polar surface area (TPSA) is 18.5 Å². The first-order chi connectivity index (χ1) is 9.95. The van der Waals surface area contributed by atoms with E-state index in [1.165, 1.54) is 0 Å². The van der Waals surface area contributed by atoms with Crippen molar-refractivity contribution in [3.63, 3.8) is 0 Å². The Morgan fingerprint density at radius 2 is 1.52 bits per heavy atom. The van der Waals surface area contributed by atoms with E-state index in [2.05, 4.69) is 20.1 Å². The molecule has 120 valence electrons. The molecule has 0 amide bonds. The fourth-order valence-electron chi connectivity index (χ4n) is 2.31. The summed E-state index contributed by atoms with van der Waals surface area (Å²) >= 11 is 0. The van der Waals surface area contributed by atoms with Crippen LogP contribution in [0.25, 0.3) is 0 Å². The van der Waals surface area contributed by atoms with Gasteiger partial charge in [0.1, 0.15) is 0 Å². The molecule has 0 N–H and O–H groups in total. The third-order valence-electron chi connectivity index (χ3n) is 3.79. The summed E-state index contributed by atoms with van der Waals surface area (Å²) in [5.74, 6) is -1.71. The van der Waals surface area contributed by atoms with Crippen LogP contribution >= 0.6 is 0 Å². The van der Waals surface area contributed by atoms with Gasteiger partial charge in [-0.2, -0.15) is 8.78 Å². The summed E-state index contributed by atoms with van der Waals surface area (Å²) in [6.07, 6.45) is 5.15. The maximum atomic E-state index is 13.8. The third-order valence-corrected chi connectivity index (χ3v) is 3.79. The Morgan fingerprint density at radius 1 is 1.00 bits per heavy atom. The molecular weight excluding hydrogens is 274 g/mol. The van der Waals surface area contributed by atoms with Gasteiger partial charge in [-0.25, -0.2) is 0 Å². The molecule has 1 aliphatic carbocycles. The average Bonchev–Trinajstić information content (AvgIpc) is 2.50. The standard InChI is InChI=1S/C17H26F2O2/c1-5-10-20-13(3)16(18)17(19)14(4)21-11-15-8-6-12(2)7-9-15/h12,15H,3-11H2,1-2H3/b17-16-. The monoisotopic (exact) mass is 300 g/mol. The largest absolute Gasteiger partial charge is 0.491 e. The van der Waals surface area contributed by atoms with Crippen LogP contribution < -0.4 is 0 Å². The van der Waals surface area contributed by atoms with Gasteiger partial charge in [0.15, 0.2) is 11.5 Å². The Morgan fingerprint density at radius 3 is 2.05 bits per heavy atom. The summed E-state index contributed by atoms with van der Waals surface area (Å²) in [5.41, 5.74) is 0. The van der Waals surface area contributed by atoms with Gasteiger partial charge in [0.2, 0.25) is 11.7 Å². The number of halogens is 2. The molecule has 1 aliphatic rings. The molecule has 4 heteroatoms. The fraction of sp³-hybridized carbons (Fsp3) is 0.647. The number of hydrogen-bond acceptors (Lipinski definition) is 2. The lowest BCUT2D eigenvalue weighted by atomic mass is 9.83. The highest BCUT2D eigenvalue weighted by Crippen LogP contribution is 2.30. The average molecular weight is 300 g/mol. The van der Waals surface area contributed by atoms with E-state index in [9.17, 15) is 8.78 Å². The van der Waals surface area contributed by atoms with E-state index in [0.717, 1.165) is 31.6 Å². The second-order valence-electron chi connectivity index (χ2n) is 5.76. The van der Waals surface area contributed by atoms with Crippen molar-refractivity contribution in [2.24, 2.45) is 11.8 Å². The van der Waals surface area contributed by atoms with Crippen LogP contribution in [0.3, 0.4) is 0 Å². The summed E-state index contributed by atoms with van der Waals surface area (Å²) < 4.78 is 37.8. The Hall–Kier alpha value is -1.32. The minimum atomic E-state index is -1.13. The van der Waals surface area contributed by atoms with E-state index in [4.69, 9.17) is 9.47 Å². The van der Waals surface area contributed by atoms with Crippen molar-refractivity contribution in [1.29, 1.82) is 0 Å². The van der Waals surface area contributed by atoms with Crippen LogP contribution in [-0.2, 0) is 9.47 Å². The van der Waals surface area contributed by atoms with Gasteiger partial charge in [-0.15, -0.1) is 0 Å². The van der Waals surface area contributed by atoms with Gasteiger partial charge >= 0.3 is 0 Å². The van der Waals surface area contributed by atoms with Crippen LogP contribution in [0.4, 0.5) is 8.78 Å². The van der Waals surface area contributed by atoms with Gasteiger partial charge in [0.25, 0.3) is 0 Å². The van der Waals surface area contributed by atoms with Crippen LogP contribution in [-0.4, -0.2) is 13.2 Å². The molecule has 0 atom stereocenters. The number of rotatable bonds is 8. The van der Waals surface area contributed by atoms with Gasteiger partial charge in [-0.3, -0.25) is 0 Å². The van der Waals surface area contributed by atoms with E-state index >= 15 is 0 Å². The van der Waals surface area contributed by atoms with Gasteiger partial charge in [-0.05, 0) is 31.1 Å². The van der Waals surface area contributed by atoms with E-state index < -0.39 is 11.7 Å². The highest BCUT2D eigenvalue weighted by Gasteiger charge is 2.21. The molecule has 21 heavy (non-hydrogen) atoms. The minimum Gasteiger partial charge on any atom is -0.491 e. The molecule has 0 unspecified atom stereocenters. The molecular formula is C17H26F2O2. The lowest BCUT2D eigenvalue weighted by Crippen LogP contribution is -2.17. The van der Waals surface area contributed by atoms with Crippen molar-refractivity contribution in [2.45, 2.75) is 46.0 Å². The molecule has 0 aromatic carbocycles. The molecule has 0 bridgehead atoms. The highest BCUT2D eigenvalue weighted by atomic mass is 19.2. The zero-order chi connectivity index (χ0) is 15.8. The summed E-state index contributed by atoms with van der Waals surface area (Å²) in [5, 5.41) is 0. The van der Waals surface area contributed by atoms with Crippen LogP contribution in [0.15, 0.2) is 36.3 Å². The quantitative estimate of drug-likeness (QED) is 0.439. The molecule has 0 heterocycles. The zero-order valence-corrected chi connectivity index (χ0v) is 13.1. The second kappa shape index (κ2) is 8.85. The van der Waals surface area contributed by atoms with Crippen LogP contribution in [0.1, 0.15) is 46.0 Å². The predicted molar refractivity (Wildman–Crippen MR) is 80.8 cm³/mol. The van der Waals surface area contributed by atoms with Gasteiger partial charge in [0.05, 0.1) is 13.2 Å². The maximum Gasteiger partial charge on any atom is 0.203 e. The molecule has 0 aromatic rings. The lowest BCUT2D eigenvalue weighted by molar-refractivity contribution is 0.129. The molecule has 0 radical (unpaired) electrons. The number of ether oxygens (including phenoxy) is 2. The molecule has 0 aromatic heterocycles. The van der Waals surface area contributed by atoms with Crippen LogP contribution in [0.5, 0.6) is 0 Å². The first-order valence-electron chi connectivity index (χ1n) is 7.65. The summed E-state index contributed by atoms with van der Waals surface area (Å²) in [4.78, 5) is 0. The first-order valence-corrected chi connectivity index (χ1v) is 7.65. The summed E-state index contributed by atoms with van der Waals surface area (Å²) in [7, 11) is 0. The molecule has 1 saturated carbocycles.